The number of ether oxygens (including phenoxy) is 2. The van der Waals surface area contributed by atoms with Crippen LogP contribution in [0.5, 0.6) is 5.75 Å². The summed E-state index contributed by atoms with van der Waals surface area (Å²) in [6.45, 7) is 9.87. The first-order chi connectivity index (χ1) is 9.90. The zero-order valence-corrected chi connectivity index (χ0v) is 13.5. The minimum Gasteiger partial charge on any atom is -0.491 e. The smallest absolute Gasteiger partial charge is 0.122 e. The predicted molar refractivity (Wildman–Crippen MR) is 83.9 cm³/mol. The van der Waals surface area contributed by atoms with E-state index in [-0.39, 0.29) is 11.6 Å². The first-order valence-electron chi connectivity index (χ1n) is 7.65. The molecule has 0 amide bonds. The largest absolute Gasteiger partial charge is 0.491 e. The lowest BCUT2D eigenvalue weighted by atomic mass is 9.94. The van der Waals surface area contributed by atoms with E-state index in [0.29, 0.717) is 13.2 Å². The normalized spacial score (nSPS) is 26.8. The molecule has 1 aromatic carbocycles. The summed E-state index contributed by atoms with van der Waals surface area (Å²) in [6, 6.07) is 6.06. The van der Waals surface area contributed by atoms with Gasteiger partial charge in [0.25, 0.3) is 0 Å². The highest BCUT2D eigenvalue weighted by Gasteiger charge is 2.36. The fraction of sp³-hybridized carbons (Fsp3) is 0.647. The quantitative estimate of drug-likeness (QED) is 0.844. The summed E-state index contributed by atoms with van der Waals surface area (Å²) in [5, 5.41) is 13.5. The zero-order valence-electron chi connectivity index (χ0n) is 13.5. The first kappa shape index (κ1) is 16.3. The van der Waals surface area contributed by atoms with Crippen LogP contribution in [0.2, 0.25) is 0 Å². The SMILES string of the molecule is Cc1ccc(OCC(O)CNC2(C)CCOC2C)c(C)c1. The van der Waals surface area contributed by atoms with Gasteiger partial charge in [0.1, 0.15) is 18.5 Å². The third-order valence-corrected chi connectivity index (χ3v) is 4.39. The van der Waals surface area contributed by atoms with Gasteiger partial charge in [0.05, 0.1) is 6.10 Å². The highest BCUT2D eigenvalue weighted by molar-refractivity contribution is 5.35. The van der Waals surface area contributed by atoms with Gasteiger partial charge in [-0.05, 0) is 45.7 Å². The molecular weight excluding hydrogens is 266 g/mol. The lowest BCUT2D eigenvalue weighted by molar-refractivity contribution is 0.0685. The van der Waals surface area contributed by atoms with Gasteiger partial charge in [-0.1, -0.05) is 17.7 Å². The number of nitrogens with one attached hydrogen (secondary N) is 1. The Morgan fingerprint density at radius 2 is 2.24 bits per heavy atom. The summed E-state index contributed by atoms with van der Waals surface area (Å²) in [5.74, 6) is 0.837. The highest BCUT2D eigenvalue weighted by Crippen LogP contribution is 2.25. The summed E-state index contributed by atoms with van der Waals surface area (Å²) in [6.07, 6.45) is 0.610. The van der Waals surface area contributed by atoms with E-state index in [9.17, 15) is 5.11 Å². The number of benzene rings is 1. The van der Waals surface area contributed by atoms with Crippen LogP contribution in [-0.4, -0.2) is 42.6 Å². The molecule has 1 heterocycles. The molecule has 3 unspecified atom stereocenters. The van der Waals surface area contributed by atoms with Crippen LogP contribution >= 0.6 is 0 Å². The van der Waals surface area contributed by atoms with Crippen molar-refractivity contribution in [3.8, 4) is 5.75 Å². The van der Waals surface area contributed by atoms with Crippen molar-refractivity contribution in [1.82, 2.24) is 5.32 Å². The van der Waals surface area contributed by atoms with Crippen molar-refractivity contribution in [2.24, 2.45) is 0 Å². The number of hydrogen-bond donors (Lipinski definition) is 2. The number of rotatable bonds is 6. The maximum atomic E-state index is 10.1. The van der Waals surface area contributed by atoms with E-state index >= 15 is 0 Å². The molecule has 1 aliphatic heterocycles. The van der Waals surface area contributed by atoms with E-state index in [1.807, 2.05) is 19.1 Å². The molecule has 2 rings (SSSR count). The van der Waals surface area contributed by atoms with E-state index < -0.39 is 6.10 Å². The van der Waals surface area contributed by atoms with Crippen molar-refractivity contribution >= 4 is 0 Å². The van der Waals surface area contributed by atoms with Crippen molar-refractivity contribution in [2.75, 3.05) is 19.8 Å². The van der Waals surface area contributed by atoms with Gasteiger partial charge in [-0.2, -0.15) is 0 Å². The van der Waals surface area contributed by atoms with E-state index in [0.717, 1.165) is 24.3 Å². The second-order valence-electron chi connectivity index (χ2n) is 6.30. The molecule has 2 N–H and O–H groups in total. The standard InChI is InChI=1S/C17H27NO3/c1-12-5-6-16(13(2)9-12)21-11-15(19)10-18-17(4)7-8-20-14(17)3/h5-6,9,14-15,18-19H,7-8,10-11H2,1-4H3. The number of aryl methyl sites for hydroxylation is 2. The van der Waals surface area contributed by atoms with Crippen LogP contribution in [0.15, 0.2) is 18.2 Å². The van der Waals surface area contributed by atoms with Crippen LogP contribution in [0.1, 0.15) is 31.4 Å². The first-order valence-corrected chi connectivity index (χ1v) is 7.65. The van der Waals surface area contributed by atoms with Crippen LogP contribution in [0.4, 0.5) is 0 Å². The van der Waals surface area contributed by atoms with Crippen LogP contribution in [0.25, 0.3) is 0 Å². The molecule has 0 saturated carbocycles. The van der Waals surface area contributed by atoms with Gasteiger partial charge in [-0.15, -0.1) is 0 Å². The molecule has 1 fully saturated rings. The maximum absolute atomic E-state index is 10.1. The molecule has 0 bridgehead atoms. The molecule has 0 aliphatic carbocycles. The van der Waals surface area contributed by atoms with Gasteiger partial charge in [0.2, 0.25) is 0 Å². The molecule has 118 valence electrons. The molecule has 0 aromatic heterocycles. The van der Waals surface area contributed by atoms with Crippen LogP contribution < -0.4 is 10.1 Å². The van der Waals surface area contributed by atoms with Crippen molar-refractivity contribution in [1.29, 1.82) is 0 Å². The minimum atomic E-state index is -0.532. The Morgan fingerprint density at radius 3 is 2.86 bits per heavy atom. The molecule has 0 radical (unpaired) electrons. The average molecular weight is 293 g/mol. The van der Waals surface area contributed by atoms with Gasteiger partial charge in [0, 0.05) is 18.7 Å². The highest BCUT2D eigenvalue weighted by atomic mass is 16.5. The molecule has 3 atom stereocenters. The maximum Gasteiger partial charge on any atom is 0.122 e. The molecule has 4 nitrogen and oxygen atoms in total. The van der Waals surface area contributed by atoms with E-state index in [1.54, 1.807) is 0 Å². The summed E-state index contributed by atoms with van der Waals surface area (Å²) >= 11 is 0. The Morgan fingerprint density at radius 1 is 1.48 bits per heavy atom. The Labute approximate surface area is 127 Å². The van der Waals surface area contributed by atoms with Crippen molar-refractivity contribution < 1.29 is 14.6 Å². The van der Waals surface area contributed by atoms with E-state index in [1.165, 1.54) is 5.56 Å². The molecule has 1 aromatic rings. The predicted octanol–water partition coefficient (Wildman–Crippen LogP) is 2.20. The Bertz CT molecular complexity index is 477. The van der Waals surface area contributed by atoms with Crippen molar-refractivity contribution in [3.05, 3.63) is 29.3 Å². The molecule has 21 heavy (non-hydrogen) atoms. The topological polar surface area (TPSA) is 50.7 Å². The summed E-state index contributed by atoms with van der Waals surface area (Å²) in [7, 11) is 0. The summed E-state index contributed by atoms with van der Waals surface area (Å²) < 4.78 is 11.3. The van der Waals surface area contributed by atoms with Crippen LogP contribution in [-0.2, 0) is 4.74 Å². The number of hydrogen-bond acceptors (Lipinski definition) is 4. The lowest BCUT2D eigenvalue weighted by Crippen LogP contribution is -2.51. The van der Waals surface area contributed by atoms with Crippen LogP contribution in [0, 0.1) is 13.8 Å². The second kappa shape index (κ2) is 6.77. The monoisotopic (exact) mass is 293 g/mol. The summed E-state index contributed by atoms with van der Waals surface area (Å²) in [5.41, 5.74) is 2.26. The van der Waals surface area contributed by atoms with Crippen molar-refractivity contribution in [3.63, 3.8) is 0 Å². The molecular formula is C17H27NO3. The van der Waals surface area contributed by atoms with Gasteiger partial charge in [-0.25, -0.2) is 0 Å². The lowest BCUT2D eigenvalue weighted by Gasteiger charge is -2.30. The number of β-amino-alcohol motifs (C(OH)–C–C–N with tert-alkyl or cyclic N) is 1. The molecule has 0 spiro atoms. The van der Waals surface area contributed by atoms with E-state index in [4.69, 9.17) is 9.47 Å². The minimum absolute atomic E-state index is 0.0548. The van der Waals surface area contributed by atoms with Crippen molar-refractivity contribution in [2.45, 2.75) is 51.9 Å². The average Bonchev–Trinajstić information content (AvgIpc) is 2.76. The van der Waals surface area contributed by atoms with Gasteiger partial charge < -0.3 is 19.9 Å². The zero-order chi connectivity index (χ0) is 15.5. The summed E-state index contributed by atoms with van der Waals surface area (Å²) in [4.78, 5) is 0. The van der Waals surface area contributed by atoms with Crippen LogP contribution in [0.3, 0.4) is 0 Å². The second-order valence-corrected chi connectivity index (χ2v) is 6.30. The molecule has 1 saturated heterocycles. The third-order valence-electron chi connectivity index (χ3n) is 4.39. The van der Waals surface area contributed by atoms with E-state index in [2.05, 4.69) is 32.2 Å². The fourth-order valence-electron chi connectivity index (χ4n) is 2.62. The van der Waals surface area contributed by atoms with Gasteiger partial charge in [-0.3, -0.25) is 0 Å². The third kappa shape index (κ3) is 4.19. The fourth-order valence-corrected chi connectivity index (χ4v) is 2.62. The number of aliphatic hydroxyl groups excluding tert-OH is 1. The van der Waals surface area contributed by atoms with Gasteiger partial charge in [0.15, 0.2) is 0 Å². The molecule has 4 heteroatoms. The Kier molecular flexibility index (Phi) is 5.25. The van der Waals surface area contributed by atoms with Gasteiger partial charge >= 0.3 is 0 Å². The number of aliphatic hydroxyl groups is 1. The Balaban J connectivity index is 1.78. The molecule has 1 aliphatic rings. The Hall–Kier alpha value is -1.10.